The molecule has 1 saturated carbocycles. The van der Waals surface area contributed by atoms with Gasteiger partial charge in [-0.25, -0.2) is 9.97 Å². The van der Waals surface area contributed by atoms with Crippen molar-refractivity contribution in [3.05, 3.63) is 60.9 Å². The first-order chi connectivity index (χ1) is 12.8. The second-order valence-corrected chi connectivity index (χ2v) is 6.15. The summed E-state index contributed by atoms with van der Waals surface area (Å²) in [6, 6.07) is 1.96. The van der Waals surface area contributed by atoms with Gasteiger partial charge >= 0.3 is 0 Å². The van der Waals surface area contributed by atoms with Crippen LogP contribution in [0.1, 0.15) is 56.3 Å². The number of H-pyrrole nitrogens is 1. The van der Waals surface area contributed by atoms with Crippen LogP contribution < -0.4 is 0 Å². The Hall–Kier alpha value is -2.14. The molecule has 1 N–H and O–H groups in total. The monoisotopic (exact) mass is 368 g/mol. The molecule has 0 saturated heterocycles. The summed E-state index contributed by atoms with van der Waals surface area (Å²) >= 11 is 3.53. The molecule has 0 bridgehead atoms. The van der Waals surface area contributed by atoms with E-state index in [0.717, 1.165) is 22.5 Å². The third-order valence-corrected chi connectivity index (χ3v) is 4.56. The molecule has 0 spiro atoms. The Bertz CT molecular complexity index is 741. The van der Waals surface area contributed by atoms with Crippen LogP contribution in [0.15, 0.2) is 49.5 Å². The zero-order valence-corrected chi connectivity index (χ0v) is 16.5. The van der Waals surface area contributed by atoms with E-state index in [0.29, 0.717) is 5.92 Å². The first-order valence-corrected chi connectivity index (χ1v) is 9.99. The lowest BCUT2D eigenvalue weighted by Gasteiger charge is -2.21. The van der Waals surface area contributed by atoms with Crippen LogP contribution in [0.25, 0.3) is 16.8 Å². The molecule has 0 aliphatic heterocycles. The fourth-order valence-electron chi connectivity index (χ4n) is 3.47. The number of hydrogen-bond donors (Lipinski definition) is 2. The van der Waals surface area contributed by atoms with Crippen LogP contribution in [0.5, 0.6) is 0 Å². The first-order valence-electron chi connectivity index (χ1n) is 9.10. The molecule has 138 valence electrons. The van der Waals surface area contributed by atoms with Crippen molar-refractivity contribution in [1.82, 2.24) is 20.2 Å². The van der Waals surface area contributed by atoms with Crippen LogP contribution >= 0.6 is 12.6 Å². The summed E-state index contributed by atoms with van der Waals surface area (Å²) in [4.78, 5) is 8.55. The highest BCUT2D eigenvalue weighted by Gasteiger charge is 2.25. The first kappa shape index (κ1) is 20.2. The predicted octanol–water partition coefficient (Wildman–Crippen LogP) is 5.61. The van der Waals surface area contributed by atoms with Crippen molar-refractivity contribution in [2.45, 2.75) is 44.9 Å². The van der Waals surface area contributed by atoms with Gasteiger partial charge in [-0.1, -0.05) is 50.1 Å². The fraction of sp³-hybridized carbons (Fsp3) is 0.381. The molecule has 0 atom stereocenters. The summed E-state index contributed by atoms with van der Waals surface area (Å²) in [5, 5.41) is 7.97. The summed E-state index contributed by atoms with van der Waals surface area (Å²) in [5.74, 6) is 0.528. The highest BCUT2D eigenvalue weighted by atomic mass is 32.1. The Balaban J connectivity index is 0.00000117. The SMILES string of the molecule is C=C/C=C(\C=C/C)c1n[nH]c(C2CCCCC2)c1-c1ccncn1.CS. The van der Waals surface area contributed by atoms with E-state index in [1.807, 2.05) is 25.1 Å². The normalized spacial score (nSPS) is 15.6. The van der Waals surface area contributed by atoms with Gasteiger partial charge < -0.3 is 0 Å². The minimum Gasteiger partial charge on any atom is -0.281 e. The van der Waals surface area contributed by atoms with E-state index in [1.54, 1.807) is 24.9 Å². The molecular weight excluding hydrogens is 340 g/mol. The Morgan fingerprint density at radius 3 is 2.65 bits per heavy atom. The van der Waals surface area contributed by atoms with Crippen LogP contribution in [-0.4, -0.2) is 26.4 Å². The van der Waals surface area contributed by atoms with E-state index >= 15 is 0 Å². The van der Waals surface area contributed by atoms with Crippen molar-refractivity contribution in [3.63, 3.8) is 0 Å². The van der Waals surface area contributed by atoms with E-state index < -0.39 is 0 Å². The Kier molecular flexibility index (Phi) is 8.35. The van der Waals surface area contributed by atoms with Gasteiger partial charge in [-0.05, 0) is 32.1 Å². The minimum absolute atomic E-state index is 0.528. The van der Waals surface area contributed by atoms with Crippen LogP contribution in [0, 0.1) is 0 Å². The van der Waals surface area contributed by atoms with Gasteiger partial charge in [0.05, 0.1) is 5.69 Å². The van der Waals surface area contributed by atoms with Crippen molar-refractivity contribution in [3.8, 4) is 11.3 Å². The Labute approximate surface area is 162 Å². The molecule has 2 heterocycles. The second-order valence-electron chi connectivity index (χ2n) is 6.15. The standard InChI is InChI=1S/C20H24N4.CH4S/c1-3-8-15(9-4-2)19-18(17-12-13-21-14-22-17)20(24-23-19)16-10-6-5-7-11-16;1-2/h3-4,8-9,12-14,16H,1,5-7,10-11H2,2H3,(H,23,24);2H,1H3/b9-4-,15-8+;. The smallest absolute Gasteiger partial charge is 0.116 e. The van der Waals surface area contributed by atoms with Crippen LogP contribution in [0.4, 0.5) is 0 Å². The Morgan fingerprint density at radius 2 is 2.04 bits per heavy atom. The third-order valence-electron chi connectivity index (χ3n) is 4.56. The van der Waals surface area contributed by atoms with Gasteiger partial charge in [0, 0.05) is 28.9 Å². The quantitative estimate of drug-likeness (QED) is 0.533. The summed E-state index contributed by atoms with van der Waals surface area (Å²) in [5.41, 5.74) is 5.22. The average molecular weight is 369 g/mol. The Morgan fingerprint density at radius 1 is 1.27 bits per heavy atom. The number of rotatable bonds is 5. The van der Waals surface area contributed by atoms with Gasteiger partial charge in [0.1, 0.15) is 12.0 Å². The molecule has 4 nitrogen and oxygen atoms in total. The number of aromatic nitrogens is 4. The number of aromatic amines is 1. The molecular formula is C21H28N4S. The third kappa shape index (κ3) is 4.73. The zero-order chi connectivity index (χ0) is 18.8. The fourth-order valence-corrected chi connectivity index (χ4v) is 3.47. The summed E-state index contributed by atoms with van der Waals surface area (Å²) < 4.78 is 0. The minimum atomic E-state index is 0.528. The molecule has 2 aromatic heterocycles. The topological polar surface area (TPSA) is 54.5 Å². The molecule has 2 aromatic rings. The molecule has 3 rings (SSSR count). The van der Waals surface area contributed by atoms with Gasteiger partial charge in [-0.2, -0.15) is 17.7 Å². The van der Waals surface area contributed by atoms with Crippen molar-refractivity contribution in [1.29, 1.82) is 0 Å². The van der Waals surface area contributed by atoms with Gasteiger partial charge in [0.25, 0.3) is 0 Å². The lowest BCUT2D eigenvalue weighted by atomic mass is 9.84. The maximum atomic E-state index is 4.65. The molecule has 5 heteroatoms. The van der Waals surface area contributed by atoms with E-state index in [1.165, 1.54) is 37.8 Å². The number of thiol groups is 1. The lowest BCUT2D eigenvalue weighted by molar-refractivity contribution is 0.437. The number of allylic oxidation sites excluding steroid dienone is 5. The lowest BCUT2D eigenvalue weighted by Crippen LogP contribution is -2.06. The van der Waals surface area contributed by atoms with E-state index in [2.05, 4.69) is 45.4 Å². The summed E-state index contributed by atoms with van der Waals surface area (Å²) in [6.45, 7) is 5.84. The molecule has 1 aliphatic rings. The van der Waals surface area contributed by atoms with Crippen molar-refractivity contribution in [2.75, 3.05) is 6.26 Å². The van der Waals surface area contributed by atoms with Crippen LogP contribution in [-0.2, 0) is 0 Å². The maximum Gasteiger partial charge on any atom is 0.116 e. The number of nitrogens with zero attached hydrogens (tertiary/aromatic N) is 3. The van der Waals surface area contributed by atoms with Crippen LogP contribution in [0.3, 0.4) is 0 Å². The van der Waals surface area contributed by atoms with Gasteiger partial charge in [0.2, 0.25) is 0 Å². The summed E-state index contributed by atoms with van der Waals surface area (Å²) in [6.07, 6.45) is 19.3. The zero-order valence-electron chi connectivity index (χ0n) is 15.7. The molecule has 0 unspecified atom stereocenters. The van der Waals surface area contributed by atoms with E-state index in [9.17, 15) is 0 Å². The van der Waals surface area contributed by atoms with E-state index in [4.69, 9.17) is 0 Å². The largest absolute Gasteiger partial charge is 0.281 e. The van der Waals surface area contributed by atoms with Crippen LogP contribution in [0.2, 0.25) is 0 Å². The molecule has 1 fully saturated rings. The maximum absolute atomic E-state index is 4.65. The van der Waals surface area contributed by atoms with E-state index in [-0.39, 0.29) is 0 Å². The van der Waals surface area contributed by atoms with Crippen molar-refractivity contribution < 1.29 is 0 Å². The highest BCUT2D eigenvalue weighted by molar-refractivity contribution is 7.79. The molecule has 1 aliphatic carbocycles. The molecule has 0 amide bonds. The van der Waals surface area contributed by atoms with Gasteiger partial charge in [-0.3, -0.25) is 5.10 Å². The second kappa shape index (κ2) is 10.8. The van der Waals surface area contributed by atoms with Crippen molar-refractivity contribution >= 4 is 18.2 Å². The molecule has 0 aromatic carbocycles. The molecule has 26 heavy (non-hydrogen) atoms. The van der Waals surface area contributed by atoms with Crippen molar-refractivity contribution in [2.24, 2.45) is 0 Å². The molecule has 0 radical (unpaired) electrons. The van der Waals surface area contributed by atoms with Gasteiger partial charge in [0.15, 0.2) is 0 Å². The predicted molar refractivity (Wildman–Crippen MR) is 113 cm³/mol. The highest BCUT2D eigenvalue weighted by Crippen LogP contribution is 2.39. The number of nitrogens with one attached hydrogen (secondary N) is 1. The summed E-state index contributed by atoms with van der Waals surface area (Å²) in [7, 11) is 0. The number of hydrogen-bond acceptors (Lipinski definition) is 4. The average Bonchev–Trinajstić information content (AvgIpc) is 3.16. The van der Waals surface area contributed by atoms with Gasteiger partial charge in [-0.15, -0.1) is 0 Å².